The molecule has 24 heavy (non-hydrogen) atoms. The van der Waals surface area contributed by atoms with Gasteiger partial charge in [-0.05, 0) is 12.8 Å². The van der Waals surface area contributed by atoms with Crippen LogP contribution in [-0.4, -0.2) is 49.3 Å². The largest absolute Gasteiger partial charge is 0.390 e. The monoisotopic (exact) mass is 355 g/mol. The number of aromatic amines is 1. The first-order chi connectivity index (χ1) is 11.5. The minimum Gasteiger partial charge on any atom is -0.390 e. The first-order valence-corrected chi connectivity index (χ1v) is 8.75. The maximum absolute atomic E-state index is 12.3. The zero-order chi connectivity index (χ0) is 17.3. The van der Waals surface area contributed by atoms with Crippen molar-refractivity contribution < 1.29 is 5.11 Å². The number of H-pyrrole nitrogens is 1. The molecule has 1 aliphatic heterocycles. The minimum absolute atomic E-state index is 0.0583. The molecule has 0 bridgehead atoms. The van der Waals surface area contributed by atoms with Crippen molar-refractivity contribution in [2.75, 3.05) is 23.9 Å². The van der Waals surface area contributed by atoms with Gasteiger partial charge in [-0.15, -0.1) is 11.6 Å². The molecule has 3 rings (SSSR count). The van der Waals surface area contributed by atoms with Crippen LogP contribution in [0.4, 0.5) is 5.95 Å². The van der Waals surface area contributed by atoms with Crippen molar-refractivity contribution in [3.63, 3.8) is 0 Å². The molecule has 0 spiro atoms. The molecule has 1 unspecified atom stereocenters. The maximum Gasteiger partial charge on any atom is 0.329 e. The molecule has 1 atom stereocenters. The Kier molecular flexibility index (Phi) is 4.96. The fraction of sp³-hybridized carbons (Fsp3) is 0.667. The van der Waals surface area contributed by atoms with Crippen LogP contribution in [0, 0.1) is 0 Å². The number of aryl methyl sites for hydroxylation is 1. The van der Waals surface area contributed by atoms with E-state index in [0.717, 1.165) is 25.9 Å². The second-order valence-corrected chi connectivity index (χ2v) is 6.53. The molecule has 132 valence electrons. The lowest BCUT2D eigenvalue weighted by Crippen LogP contribution is -2.31. The first-order valence-electron chi connectivity index (χ1n) is 8.21. The predicted molar refractivity (Wildman–Crippen MR) is 93.0 cm³/mol. The summed E-state index contributed by atoms with van der Waals surface area (Å²) in [5.74, 6) is 0.672. The Hall–Kier alpha value is -1.80. The molecule has 1 fully saturated rings. The van der Waals surface area contributed by atoms with Crippen molar-refractivity contribution in [2.45, 2.75) is 38.3 Å². The lowest BCUT2D eigenvalue weighted by atomic mass is 10.2. The molecule has 1 aliphatic rings. The summed E-state index contributed by atoms with van der Waals surface area (Å²) in [6.07, 6.45) is 3.64. The predicted octanol–water partition coefficient (Wildman–Crippen LogP) is 0.403. The van der Waals surface area contributed by atoms with E-state index in [1.807, 2.05) is 0 Å². The third kappa shape index (κ3) is 3.08. The molecule has 3 heterocycles. The quantitative estimate of drug-likeness (QED) is 0.774. The Labute approximate surface area is 143 Å². The van der Waals surface area contributed by atoms with E-state index in [-0.39, 0.29) is 12.4 Å². The highest BCUT2D eigenvalue weighted by Gasteiger charge is 2.23. The first kappa shape index (κ1) is 17.0. The zero-order valence-electron chi connectivity index (χ0n) is 13.7. The summed E-state index contributed by atoms with van der Waals surface area (Å²) < 4.78 is 3.01. The van der Waals surface area contributed by atoms with E-state index in [0.29, 0.717) is 17.1 Å². The maximum atomic E-state index is 12.3. The Bertz CT molecular complexity index is 832. The average molecular weight is 356 g/mol. The third-order valence-corrected chi connectivity index (χ3v) is 4.80. The minimum atomic E-state index is -0.800. The molecule has 0 aromatic carbocycles. The van der Waals surface area contributed by atoms with E-state index in [2.05, 4.69) is 14.9 Å². The molecule has 0 amide bonds. The van der Waals surface area contributed by atoms with Gasteiger partial charge in [-0.1, -0.05) is 12.8 Å². The summed E-state index contributed by atoms with van der Waals surface area (Å²) >= 11 is 5.74. The number of aliphatic hydroxyl groups is 1. The van der Waals surface area contributed by atoms with Crippen molar-refractivity contribution in [3.05, 3.63) is 20.8 Å². The molecule has 2 aromatic heterocycles. The van der Waals surface area contributed by atoms with Gasteiger partial charge in [0.05, 0.1) is 18.5 Å². The third-order valence-electron chi connectivity index (χ3n) is 4.45. The second-order valence-electron chi connectivity index (χ2n) is 6.22. The molecule has 0 aliphatic carbocycles. The van der Waals surface area contributed by atoms with Crippen molar-refractivity contribution >= 4 is 28.7 Å². The Balaban J connectivity index is 2.20. The number of hydrogen-bond donors (Lipinski definition) is 2. The highest BCUT2D eigenvalue weighted by atomic mass is 35.5. The van der Waals surface area contributed by atoms with Gasteiger partial charge in [0.15, 0.2) is 11.2 Å². The number of nitrogens with zero attached hydrogens (tertiary/aromatic N) is 4. The molecule has 0 radical (unpaired) electrons. The molecule has 2 N–H and O–H groups in total. The van der Waals surface area contributed by atoms with E-state index in [4.69, 9.17) is 11.6 Å². The van der Waals surface area contributed by atoms with Crippen LogP contribution < -0.4 is 16.1 Å². The zero-order valence-corrected chi connectivity index (χ0v) is 14.4. The van der Waals surface area contributed by atoms with Crippen LogP contribution in [0.3, 0.4) is 0 Å². The van der Waals surface area contributed by atoms with E-state index in [9.17, 15) is 14.7 Å². The van der Waals surface area contributed by atoms with Crippen molar-refractivity contribution in [3.8, 4) is 0 Å². The van der Waals surface area contributed by atoms with Crippen LogP contribution in [0.5, 0.6) is 0 Å². The number of hydrogen-bond acceptors (Lipinski definition) is 5. The fourth-order valence-corrected chi connectivity index (χ4v) is 3.27. The normalized spacial score (nSPS) is 17.2. The van der Waals surface area contributed by atoms with Gasteiger partial charge in [-0.3, -0.25) is 14.3 Å². The van der Waals surface area contributed by atoms with Crippen molar-refractivity contribution in [1.82, 2.24) is 19.1 Å². The van der Waals surface area contributed by atoms with Crippen molar-refractivity contribution in [1.29, 1.82) is 0 Å². The Morgan fingerprint density at radius 1 is 1.25 bits per heavy atom. The smallest absolute Gasteiger partial charge is 0.329 e. The summed E-state index contributed by atoms with van der Waals surface area (Å²) in [6, 6.07) is 0. The molecule has 0 saturated carbocycles. The molecular formula is C15H22ClN5O3. The number of imidazole rings is 1. The van der Waals surface area contributed by atoms with Crippen LogP contribution in [-0.2, 0) is 13.6 Å². The van der Waals surface area contributed by atoms with Gasteiger partial charge in [-0.25, -0.2) is 4.79 Å². The SMILES string of the molecule is Cn1c(=O)[nH]c(=O)c2c1nc(N1CCCCCC1)n2CC(O)CCl. The van der Waals surface area contributed by atoms with E-state index in [1.54, 1.807) is 11.6 Å². The number of nitrogens with one attached hydrogen (secondary N) is 1. The summed E-state index contributed by atoms with van der Waals surface area (Å²) in [6.45, 7) is 1.84. The van der Waals surface area contributed by atoms with Crippen LogP contribution >= 0.6 is 11.6 Å². The van der Waals surface area contributed by atoms with Crippen LogP contribution in [0.25, 0.3) is 11.2 Å². The summed E-state index contributed by atoms with van der Waals surface area (Å²) in [5.41, 5.74) is -0.383. The number of rotatable bonds is 4. The van der Waals surface area contributed by atoms with Crippen molar-refractivity contribution in [2.24, 2.45) is 7.05 Å². The number of aliphatic hydroxyl groups excluding tert-OH is 1. The fourth-order valence-electron chi connectivity index (χ4n) is 3.17. The van der Waals surface area contributed by atoms with Gasteiger partial charge in [0.1, 0.15) is 0 Å². The summed E-state index contributed by atoms with van der Waals surface area (Å²) in [5, 5.41) is 10.0. The molecule has 9 heteroatoms. The van der Waals surface area contributed by atoms with E-state index < -0.39 is 17.4 Å². The molecule has 8 nitrogen and oxygen atoms in total. The van der Waals surface area contributed by atoms with Gasteiger partial charge >= 0.3 is 5.69 Å². The lowest BCUT2D eigenvalue weighted by Gasteiger charge is -2.23. The number of fused-ring (bicyclic) bond motifs is 1. The van der Waals surface area contributed by atoms with Gasteiger partial charge in [0.2, 0.25) is 5.95 Å². The topological polar surface area (TPSA) is 96.1 Å². The highest BCUT2D eigenvalue weighted by molar-refractivity contribution is 6.18. The van der Waals surface area contributed by atoms with Gasteiger partial charge in [0.25, 0.3) is 5.56 Å². The van der Waals surface area contributed by atoms with E-state index >= 15 is 0 Å². The molecular weight excluding hydrogens is 334 g/mol. The highest BCUT2D eigenvalue weighted by Crippen LogP contribution is 2.23. The Morgan fingerprint density at radius 2 is 1.92 bits per heavy atom. The summed E-state index contributed by atoms with van der Waals surface area (Å²) in [4.78, 5) is 33.2. The molecule has 2 aromatic rings. The summed E-state index contributed by atoms with van der Waals surface area (Å²) in [7, 11) is 1.57. The van der Waals surface area contributed by atoms with Crippen LogP contribution in [0.2, 0.25) is 0 Å². The van der Waals surface area contributed by atoms with Crippen LogP contribution in [0.1, 0.15) is 25.7 Å². The standard InChI is InChI=1S/C15H22ClN5O3/c1-19-12-11(13(23)18-15(19)24)21(9-10(22)8-16)14(17-12)20-6-4-2-3-5-7-20/h10,22H,2-9H2,1H3,(H,18,23,24). The number of aromatic nitrogens is 4. The van der Waals surface area contributed by atoms with Crippen LogP contribution in [0.15, 0.2) is 9.59 Å². The second kappa shape index (κ2) is 6.98. The van der Waals surface area contributed by atoms with E-state index in [1.165, 1.54) is 17.4 Å². The molecule has 1 saturated heterocycles. The average Bonchev–Trinajstić information content (AvgIpc) is 2.74. The van der Waals surface area contributed by atoms with Gasteiger partial charge < -0.3 is 14.6 Å². The van der Waals surface area contributed by atoms with Gasteiger partial charge in [0, 0.05) is 20.1 Å². The lowest BCUT2D eigenvalue weighted by molar-refractivity contribution is 0.178. The van der Waals surface area contributed by atoms with Gasteiger partial charge in [-0.2, -0.15) is 4.98 Å². The Morgan fingerprint density at radius 3 is 2.54 bits per heavy atom. The number of halogens is 1. The number of anilines is 1. The number of alkyl halides is 1.